The first-order valence-corrected chi connectivity index (χ1v) is 7.82. The number of aromatic hydroxyl groups is 1. The summed E-state index contributed by atoms with van der Waals surface area (Å²) in [5.74, 6) is -0.701. The SMILES string of the molecule is CCC(C)n1c(O)c(/C=N/NC(=O)c2ccccc2)c(=O)[nH]c1=S. The molecule has 126 valence electrons. The Morgan fingerprint density at radius 2 is 2.12 bits per heavy atom. The molecule has 0 fully saturated rings. The molecule has 3 N–H and O–H groups in total. The molecule has 2 aromatic rings. The number of nitrogens with zero attached hydrogens (tertiary/aromatic N) is 2. The predicted octanol–water partition coefficient (Wildman–Crippen LogP) is 2.35. The highest BCUT2D eigenvalue weighted by Gasteiger charge is 2.14. The first-order valence-electron chi connectivity index (χ1n) is 7.42. The molecule has 1 amide bonds. The van der Waals surface area contributed by atoms with Gasteiger partial charge in [-0.3, -0.25) is 19.1 Å². The van der Waals surface area contributed by atoms with Crippen molar-refractivity contribution in [2.45, 2.75) is 26.3 Å². The Bertz CT molecular complexity index is 871. The fourth-order valence-electron chi connectivity index (χ4n) is 2.07. The van der Waals surface area contributed by atoms with Crippen molar-refractivity contribution in [1.29, 1.82) is 0 Å². The Kier molecular flexibility index (Phi) is 5.64. The molecule has 2 rings (SSSR count). The molecule has 0 spiro atoms. The zero-order valence-electron chi connectivity index (χ0n) is 13.3. The molecule has 1 aromatic heterocycles. The molecule has 0 aliphatic heterocycles. The van der Waals surface area contributed by atoms with Gasteiger partial charge in [0.2, 0.25) is 5.88 Å². The summed E-state index contributed by atoms with van der Waals surface area (Å²) < 4.78 is 1.58. The van der Waals surface area contributed by atoms with Crippen molar-refractivity contribution < 1.29 is 9.90 Å². The lowest BCUT2D eigenvalue weighted by atomic mass is 10.2. The van der Waals surface area contributed by atoms with E-state index in [0.717, 1.165) is 12.6 Å². The number of benzene rings is 1. The van der Waals surface area contributed by atoms with Gasteiger partial charge >= 0.3 is 0 Å². The van der Waals surface area contributed by atoms with Crippen LogP contribution >= 0.6 is 12.2 Å². The summed E-state index contributed by atoms with van der Waals surface area (Å²) in [4.78, 5) is 26.3. The molecule has 0 bridgehead atoms. The lowest BCUT2D eigenvalue weighted by Gasteiger charge is -2.16. The van der Waals surface area contributed by atoms with Gasteiger partial charge < -0.3 is 5.11 Å². The molecule has 7 nitrogen and oxygen atoms in total. The molecule has 24 heavy (non-hydrogen) atoms. The van der Waals surface area contributed by atoms with Crippen LogP contribution in [0, 0.1) is 4.77 Å². The molecule has 0 aliphatic carbocycles. The van der Waals surface area contributed by atoms with Gasteiger partial charge in [0, 0.05) is 11.6 Å². The molecule has 0 saturated carbocycles. The predicted molar refractivity (Wildman–Crippen MR) is 94.1 cm³/mol. The number of hydrogen-bond acceptors (Lipinski definition) is 5. The third-order valence-corrected chi connectivity index (χ3v) is 3.88. The Hall–Kier alpha value is -2.74. The van der Waals surface area contributed by atoms with E-state index in [2.05, 4.69) is 15.5 Å². The molecule has 0 saturated heterocycles. The molecule has 8 heteroatoms. The molecular formula is C16H18N4O3S. The van der Waals surface area contributed by atoms with Crippen LogP contribution in [0.15, 0.2) is 40.2 Å². The summed E-state index contributed by atoms with van der Waals surface area (Å²) in [5, 5.41) is 14.1. The van der Waals surface area contributed by atoms with Crippen molar-refractivity contribution in [2.75, 3.05) is 0 Å². The van der Waals surface area contributed by atoms with Crippen molar-refractivity contribution in [2.24, 2.45) is 5.10 Å². The summed E-state index contributed by atoms with van der Waals surface area (Å²) in [6, 6.07) is 8.43. The Labute approximate surface area is 143 Å². The average Bonchev–Trinajstić information content (AvgIpc) is 2.57. The van der Waals surface area contributed by atoms with E-state index in [1.54, 1.807) is 30.3 Å². The summed E-state index contributed by atoms with van der Waals surface area (Å²) in [6.07, 6.45) is 1.82. The smallest absolute Gasteiger partial charge is 0.271 e. The van der Waals surface area contributed by atoms with E-state index in [9.17, 15) is 14.7 Å². The van der Waals surface area contributed by atoms with Gasteiger partial charge in [0.25, 0.3) is 11.5 Å². The lowest BCUT2D eigenvalue weighted by molar-refractivity contribution is 0.0955. The fraction of sp³-hybridized carbons (Fsp3) is 0.250. The number of nitrogens with one attached hydrogen (secondary N) is 2. The average molecular weight is 346 g/mol. The van der Waals surface area contributed by atoms with E-state index in [4.69, 9.17) is 12.2 Å². The highest BCUT2D eigenvalue weighted by molar-refractivity contribution is 7.71. The van der Waals surface area contributed by atoms with Crippen LogP contribution in [-0.4, -0.2) is 26.8 Å². The van der Waals surface area contributed by atoms with E-state index in [-0.39, 0.29) is 22.3 Å². The van der Waals surface area contributed by atoms with Crippen LogP contribution in [0.3, 0.4) is 0 Å². The minimum Gasteiger partial charge on any atom is -0.494 e. The number of amides is 1. The maximum Gasteiger partial charge on any atom is 0.271 e. The van der Waals surface area contributed by atoms with E-state index in [0.29, 0.717) is 5.56 Å². The molecule has 1 unspecified atom stereocenters. The molecule has 0 radical (unpaired) electrons. The van der Waals surface area contributed by atoms with Gasteiger partial charge in [0.1, 0.15) is 5.56 Å². The summed E-state index contributed by atoms with van der Waals surface area (Å²) in [7, 11) is 0. The van der Waals surface area contributed by atoms with Crippen molar-refractivity contribution in [3.8, 4) is 5.88 Å². The van der Waals surface area contributed by atoms with E-state index in [1.165, 1.54) is 4.57 Å². The van der Waals surface area contributed by atoms with Crippen LogP contribution in [0.5, 0.6) is 5.88 Å². The number of hydrazone groups is 1. The molecule has 1 aromatic carbocycles. The number of carbonyl (C=O) groups excluding carboxylic acids is 1. The number of aromatic nitrogens is 2. The number of H-pyrrole nitrogens is 1. The molecule has 0 aliphatic rings. The summed E-state index contributed by atoms with van der Waals surface area (Å²) >= 11 is 5.08. The molecule has 1 heterocycles. The third kappa shape index (κ3) is 3.77. The maximum atomic E-state index is 12.0. The van der Waals surface area contributed by atoms with Gasteiger partial charge in [0.15, 0.2) is 4.77 Å². The van der Waals surface area contributed by atoms with E-state index >= 15 is 0 Å². The largest absolute Gasteiger partial charge is 0.494 e. The first kappa shape index (κ1) is 17.6. The minimum absolute atomic E-state index is 0.0720. The van der Waals surface area contributed by atoms with Gasteiger partial charge in [0.05, 0.1) is 6.21 Å². The van der Waals surface area contributed by atoms with Crippen LogP contribution < -0.4 is 11.0 Å². The van der Waals surface area contributed by atoms with E-state index in [1.807, 2.05) is 13.8 Å². The van der Waals surface area contributed by atoms with Gasteiger partial charge in [-0.15, -0.1) is 0 Å². The highest BCUT2D eigenvalue weighted by atomic mass is 32.1. The number of rotatable bonds is 5. The maximum absolute atomic E-state index is 12.0. The van der Waals surface area contributed by atoms with Crippen LogP contribution in [0.4, 0.5) is 0 Å². The quantitative estimate of drug-likeness (QED) is 0.439. The van der Waals surface area contributed by atoms with Crippen LogP contribution in [-0.2, 0) is 0 Å². The normalized spacial score (nSPS) is 12.2. The highest BCUT2D eigenvalue weighted by Crippen LogP contribution is 2.19. The Balaban J connectivity index is 2.28. The van der Waals surface area contributed by atoms with Gasteiger partial charge in [-0.25, -0.2) is 5.43 Å². The second-order valence-corrected chi connectivity index (χ2v) is 5.58. The summed E-state index contributed by atoms with van der Waals surface area (Å²) in [6.45, 7) is 3.80. The standard InChI is InChI=1S/C16H18N4O3S/c1-3-10(2)20-15(23)12(14(22)18-16(20)24)9-17-19-13(21)11-7-5-4-6-8-11/h4-10,23H,3H2,1-2H3,(H,19,21)(H,18,22,24)/b17-9+. The van der Waals surface area contributed by atoms with Crippen molar-refractivity contribution in [3.63, 3.8) is 0 Å². The minimum atomic E-state index is -0.574. The van der Waals surface area contributed by atoms with Crippen molar-refractivity contribution >= 4 is 24.3 Å². The van der Waals surface area contributed by atoms with Gasteiger partial charge in [-0.1, -0.05) is 25.1 Å². The van der Waals surface area contributed by atoms with Crippen molar-refractivity contribution in [3.05, 3.63) is 56.6 Å². The van der Waals surface area contributed by atoms with Gasteiger partial charge in [-0.2, -0.15) is 5.10 Å². The zero-order chi connectivity index (χ0) is 17.7. The fourth-order valence-corrected chi connectivity index (χ4v) is 2.43. The van der Waals surface area contributed by atoms with Gasteiger partial charge in [-0.05, 0) is 37.7 Å². The monoisotopic (exact) mass is 346 g/mol. The zero-order valence-corrected chi connectivity index (χ0v) is 14.1. The third-order valence-electron chi connectivity index (χ3n) is 3.58. The van der Waals surface area contributed by atoms with Crippen LogP contribution in [0.25, 0.3) is 0 Å². The Morgan fingerprint density at radius 1 is 1.46 bits per heavy atom. The lowest BCUT2D eigenvalue weighted by Crippen LogP contribution is -2.22. The molecule has 1 atom stereocenters. The summed E-state index contributed by atoms with van der Waals surface area (Å²) in [5.41, 5.74) is 2.10. The first-order chi connectivity index (χ1) is 11.5. The second-order valence-electron chi connectivity index (χ2n) is 5.19. The molecular weight excluding hydrogens is 328 g/mol. The van der Waals surface area contributed by atoms with Crippen LogP contribution in [0.2, 0.25) is 0 Å². The Morgan fingerprint density at radius 3 is 2.75 bits per heavy atom. The van der Waals surface area contributed by atoms with Crippen LogP contribution in [0.1, 0.15) is 42.2 Å². The number of aromatic amines is 1. The number of hydrogen-bond donors (Lipinski definition) is 3. The van der Waals surface area contributed by atoms with E-state index < -0.39 is 11.5 Å². The number of carbonyl (C=O) groups is 1. The van der Waals surface area contributed by atoms with Crippen molar-refractivity contribution in [1.82, 2.24) is 15.0 Å². The second kappa shape index (κ2) is 7.69. The topological polar surface area (TPSA) is 99.5 Å².